The first-order valence-electron chi connectivity index (χ1n) is 7.43. The van der Waals surface area contributed by atoms with Crippen LogP contribution in [0.25, 0.3) is 11.2 Å². The number of aromatic nitrogens is 4. The molecule has 0 fully saturated rings. The fourth-order valence-electron chi connectivity index (χ4n) is 2.43. The predicted molar refractivity (Wildman–Crippen MR) is 89.8 cm³/mol. The van der Waals surface area contributed by atoms with Crippen molar-refractivity contribution in [3.05, 3.63) is 42.5 Å². The van der Waals surface area contributed by atoms with Crippen molar-refractivity contribution in [3.8, 4) is 5.75 Å². The van der Waals surface area contributed by atoms with Crippen LogP contribution < -0.4 is 15.0 Å². The molecule has 0 atom stereocenters. The van der Waals surface area contributed by atoms with E-state index in [0.717, 1.165) is 11.3 Å². The van der Waals surface area contributed by atoms with Crippen LogP contribution in [0.15, 0.2) is 36.9 Å². The second-order valence-corrected chi connectivity index (χ2v) is 5.24. The van der Waals surface area contributed by atoms with Crippen LogP contribution in [0, 0.1) is 0 Å². The number of nitrogens with one attached hydrogen (secondary N) is 2. The Bertz CT molecular complexity index is 847. The summed E-state index contributed by atoms with van der Waals surface area (Å²) in [6.07, 6.45) is 2.99. The zero-order chi connectivity index (χ0) is 16.9. The molecular weight excluding hydrogens is 308 g/mol. The lowest BCUT2D eigenvalue weighted by Crippen LogP contribution is -2.35. The first kappa shape index (κ1) is 15.7. The Morgan fingerprint density at radius 2 is 2.12 bits per heavy atom. The van der Waals surface area contributed by atoms with Crippen molar-refractivity contribution in [2.75, 3.05) is 25.6 Å². The molecule has 0 saturated carbocycles. The molecule has 0 bridgehead atoms. The molecule has 3 aromatic rings. The van der Waals surface area contributed by atoms with Crippen molar-refractivity contribution in [1.29, 1.82) is 0 Å². The van der Waals surface area contributed by atoms with E-state index in [2.05, 4.69) is 25.3 Å². The summed E-state index contributed by atoms with van der Waals surface area (Å²) in [4.78, 5) is 29.3. The van der Waals surface area contributed by atoms with Gasteiger partial charge in [-0.1, -0.05) is 18.2 Å². The third-order valence-corrected chi connectivity index (χ3v) is 3.61. The normalized spacial score (nSPS) is 10.6. The van der Waals surface area contributed by atoms with Crippen LogP contribution in [0.2, 0.25) is 0 Å². The number of hydrogen-bond donors (Lipinski definition) is 2. The van der Waals surface area contributed by atoms with Gasteiger partial charge in [-0.05, 0) is 6.07 Å². The molecule has 1 amide bonds. The molecule has 0 saturated heterocycles. The van der Waals surface area contributed by atoms with Gasteiger partial charge in [-0.3, -0.25) is 4.79 Å². The van der Waals surface area contributed by atoms with E-state index in [1.54, 1.807) is 25.4 Å². The lowest BCUT2D eigenvalue weighted by molar-refractivity contribution is -0.119. The summed E-state index contributed by atoms with van der Waals surface area (Å²) < 4.78 is 5.28. The van der Waals surface area contributed by atoms with Gasteiger partial charge in [0, 0.05) is 19.2 Å². The monoisotopic (exact) mass is 326 g/mol. The predicted octanol–water partition coefficient (Wildman–Crippen LogP) is 1.11. The van der Waals surface area contributed by atoms with Gasteiger partial charge in [-0.15, -0.1) is 0 Å². The molecule has 1 aromatic carbocycles. The van der Waals surface area contributed by atoms with Gasteiger partial charge in [0.15, 0.2) is 11.5 Å². The van der Waals surface area contributed by atoms with E-state index in [1.807, 2.05) is 24.3 Å². The standard InChI is InChI=1S/C16H18N6O2/c1-22(16-14-15(19-9-18-14)20-10-21-16)8-13(23)17-7-11-5-3-4-6-12(11)24-2/h3-6,9-10H,7-8H2,1-2H3,(H,17,23)(H,18,19,20,21). The fraction of sp³-hybridized carbons (Fsp3) is 0.250. The largest absolute Gasteiger partial charge is 0.496 e. The van der Waals surface area contributed by atoms with Gasteiger partial charge in [0.05, 0.1) is 20.0 Å². The number of amides is 1. The number of nitrogens with zero attached hydrogens (tertiary/aromatic N) is 4. The topological polar surface area (TPSA) is 96.0 Å². The minimum Gasteiger partial charge on any atom is -0.496 e. The highest BCUT2D eigenvalue weighted by atomic mass is 16.5. The second-order valence-electron chi connectivity index (χ2n) is 5.24. The van der Waals surface area contributed by atoms with Crippen LogP contribution in [0.1, 0.15) is 5.56 Å². The number of benzene rings is 1. The molecule has 2 heterocycles. The van der Waals surface area contributed by atoms with E-state index < -0.39 is 0 Å². The van der Waals surface area contributed by atoms with Gasteiger partial charge in [-0.2, -0.15) is 0 Å². The molecule has 0 aliphatic rings. The first-order chi connectivity index (χ1) is 11.7. The number of H-pyrrole nitrogens is 1. The van der Waals surface area contributed by atoms with Crippen LogP contribution in [0.5, 0.6) is 5.75 Å². The zero-order valence-corrected chi connectivity index (χ0v) is 13.5. The lowest BCUT2D eigenvalue weighted by atomic mass is 10.2. The van der Waals surface area contributed by atoms with Gasteiger partial charge >= 0.3 is 0 Å². The third kappa shape index (κ3) is 3.27. The Morgan fingerprint density at radius 3 is 2.96 bits per heavy atom. The van der Waals surface area contributed by atoms with Crippen molar-refractivity contribution in [3.63, 3.8) is 0 Å². The highest BCUT2D eigenvalue weighted by Gasteiger charge is 2.14. The number of para-hydroxylation sites is 1. The number of ether oxygens (including phenoxy) is 1. The van der Waals surface area contributed by atoms with Crippen LogP contribution in [0.4, 0.5) is 5.82 Å². The zero-order valence-electron chi connectivity index (χ0n) is 13.5. The van der Waals surface area contributed by atoms with Crippen molar-refractivity contribution in [2.24, 2.45) is 0 Å². The molecule has 0 radical (unpaired) electrons. The van der Waals surface area contributed by atoms with Crippen LogP contribution in [-0.2, 0) is 11.3 Å². The Balaban J connectivity index is 1.63. The van der Waals surface area contributed by atoms with E-state index in [9.17, 15) is 4.79 Å². The summed E-state index contributed by atoms with van der Waals surface area (Å²) in [5.41, 5.74) is 2.20. The maximum atomic E-state index is 12.2. The number of fused-ring (bicyclic) bond motifs is 1. The molecule has 24 heavy (non-hydrogen) atoms. The van der Waals surface area contributed by atoms with Gasteiger partial charge in [0.2, 0.25) is 5.91 Å². The SMILES string of the molecule is COc1ccccc1CNC(=O)CN(C)c1ncnc2nc[nH]c12. The van der Waals surface area contributed by atoms with Crippen molar-refractivity contribution in [1.82, 2.24) is 25.3 Å². The molecule has 8 heteroatoms. The summed E-state index contributed by atoms with van der Waals surface area (Å²) >= 11 is 0. The molecule has 0 aliphatic heterocycles. The molecular formula is C16H18N6O2. The fourth-order valence-corrected chi connectivity index (χ4v) is 2.43. The van der Waals surface area contributed by atoms with Gasteiger partial charge in [0.25, 0.3) is 0 Å². The summed E-state index contributed by atoms with van der Waals surface area (Å²) in [6.45, 7) is 0.570. The number of carbonyl (C=O) groups excluding carboxylic acids is 1. The first-order valence-corrected chi connectivity index (χ1v) is 7.43. The van der Waals surface area contributed by atoms with Gasteiger partial charge < -0.3 is 19.9 Å². The lowest BCUT2D eigenvalue weighted by Gasteiger charge is -2.18. The van der Waals surface area contributed by atoms with E-state index >= 15 is 0 Å². The number of hydrogen-bond acceptors (Lipinski definition) is 6. The quantitative estimate of drug-likeness (QED) is 0.704. The van der Waals surface area contributed by atoms with E-state index in [1.165, 1.54) is 6.33 Å². The Kier molecular flexibility index (Phi) is 4.55. The summed E-state index contributed by atoms with van der Waals surface area (Å²) in [5, 5.41) is 2.89. The maximum absolute atomic E-state index is 12.2. The van der Waals surface area contributed by atoms with Crippen LogP contribution in [0.3, 0.4) is 0 Å². The summed E-state index contributed by atoms with van der Waals surface area (Å²) in [7, 11) is 3.41. The van der Waals surface area contributed by atoms with E-state index in [-0.39, 0.29) is 12.5 Å². The smallest absolute Gasteiger partial charge is 0.239 e. The minimum absolute atomic E-state index is 0.116. The minimum atomic E-state index is -0.116. The van der Waals surface area contributed by atoms with Gasteiger partial charge in [0.1, 0.15) is 17.6 Å². The molecule has 0 aliphatic carbocycles. The number of likely N-dealkylation sites (N-methyl/N-ethyl adjacent to an activating group) is 1. The number of aromatic amines is 1. The molecule has 2 N–H and O–H groups in total. The van der Waals surface area contributed by atoms with Crippen LogP contribution in [-0.4, -0.2) is 46.5 Å². The summed E-state index contributed by atoms with van der Waals surface area (Å²) in [5.74, 6) is 1.26. The van der Waals surface area contributed by atoms with Crippen molar-refractivity contribution >= 4 is 22.9 Å². The number of anilines is 1. The molecule has 0 spiro atoms. The molecule has 3 rings (SSSR count). The Hall–Kier alpha value is -3.16. The number of imidazole rings is 1. The average Bonchev–Trinajstić information content (AvgIpc) is 3.08. The molecule has 8 nitrogen and oxygen atoms in total. The highest BCUT2D eigenvalue weighted by Crippen LogP contribution is 2.18. The molecule has 0 unspecified atom stereocenters. The number of carbonyl (C=O) groups is 1. The van der Waals surface area contributed by atoms with E-state index in [4.69, 9.17) is 4.74 Å². The number of methoxy groups -OCH3 is 1. The van der Waals surface area contributed by atoms with Crippen LogP contribution >= 0.6 is 0 Å². The average molecular weight is 326 g/mol. The number of rotatable bonds is 6. The Labute approximate surface area is 138 Å². The van der Waals surface area contributed by atoms with E-state index in [0.29, 0.717) is 23.5 Å². The highest BCUT2D eigenvalue weighted by molar-refractivity contribution is 5.86. The second kappa shape index (κ2) is 6.95. The third-order valence-electron chi connectivity index (χ3n) is 3.61. The van der Waals surface area contributed by atoms with Crippen molar-refractivity contribution in [2.45, 2.75) is 6.54 Å². The Morgan fingerprint density at radius 1 is 1.29 bits per heavy atom. The maximum Gasteiger partial charge on any atom is 0.239 e. The molecule has 124 valence electrons. The summed E-state index contributed by atoms with van der Waals surface area (Å²) in [6, 6.07) is 7.58. The van der Waals surface area contributed by atoms with Crippen molar-refractivity contribution < 1.29 is 9.53 Å². The molecule has 2 aromatic heterocycles. The van der Waals surface area contributed by atoms with Gasteiger partial charge in [-0.25, -0.2) is 15.0 Å².